The zero-order valence-electron chi connectivity index (χ0n) is 37.8. The van der Waals surface area contributed by atoms with Crippen LogP contribution in [0.4, 0.5) is 0 Å². The second kappa shape index (κ2) is 44.6. The van der Waals surface area contributed by atoms with E-state index in [1.165, 1.54) is 212 Å². The fourth-order valence-electron chi connectivity index (χ4n) is 7.67. The van der Waals surface area contributed by atoms with Gasteiger partial charge in [0.15, 0.2) is 6.10 Å². The molecule has 0 aromatic rings. The molecule has 0 rings (SSSR count). The molecule has 2 N–H and O–H groups in total. The minimum absolute atomic E-state index is 0.221. The Labute approximate surface area is 353 Å². The van der Waals surface area contributed by atoms with E-state index in [1.807, 2.05) is 0 Å². The van der Waals surface area contributed by atoms with Crippen molar-refractivity contribution in [3.8, 4) is 0 Å². The molecule has 0 aromatic heterocycles. The molecule has 340 valence electrons. The van der Waals surface area contributed by atoms with E-state index in [-0.39, 0.29) is 19.4 Å². The number of hydrogen-bond donors (Lipinski definition) is 2. The van der Waals surface area contributed by atoms with Crippen LogP contribution < -0.4 is 0 Å². The molecule has 8 nitrogen and oxygen atoms in total. The molecule has 0 heterocycles. The van der Waals surface area contributed by atoms with E-state index in [0.29, 0.717) is 6.42 Å². The third kappa shape index (κ3) is 47.6. The minimum atomic E-state index is -4.75. The normalized spacial score (nSPS) is 12.3. The smallest absolute Gasteiger partial charge is 0.462 e. The number of carbonyl (C=O) groups is 2. The van der Waals surface area contributed by atoms with Gasteiger partial charge in [0.2, 0.25) is 0 Å². The van der Waals surface area contributed by atoms with Crippen molar-refractivity contribution < 1.29 is 37.9 Å². The summed E-state index contributed by atoms with van der Waals surface area (Å²) in [7, 11) is -4.75. The van der Waals surface area contributed by atoms with Crippen molar-refractivity contribution in [2.45, 2.75) is 283 Å². The van der Waals surface area contributed by atoms with Gasteiger partial charge in [0.25, 0.3) is 0 Å². The summed E-state index contributed by atoms with van der Waals surface area (Å²) in [4.78, 5) is 43.0. The Hall–Kier alpha value is -0.950. The number of rotatable bonds is 47. The molecule has 9 heteroatoms. The van der Waals surface area contributed by atoms with Gasteiger partial charge in [-0.3, -0.25) is 14.1 Å². The SMILES string of the molecule is CCCCCCCCCCCCCCCCCCCCCCCCC(=O)O[C@H](COC(=O)CCCCCCCCCCCCCCCCCCC)COP(=O)(O)O. The molecule has 57 heavy (non-hydrogen) atoms. The minimum Gasteiger partial charge on any atom is -0.462 e. The molecular formula is C48H95O8P. The summed E-state index contributed by atoms with van der Waals surface area (Å²) < 4.78 is 26.5. The first-order valence-corrected chi connectivity index (χ1v) is 26.4. The van der Waals surface area contributed by atoms with Gasteiger partial charge in [-0.1, -0.05) is 251 Å². The molecule has 0 saturated carbocycles. The van der Waals surface area contributed by atoms with Gasteiger partial charge in [-0.25, -0.2) is 4.57 Å². The number of ether oxygens (including phenoxy) is 2. The van der Waals surface area contributed by atoms with Gasteiger partial charge in [-0.15, -0.1) is 0 Å². The van der Waals surface area contributed by atoms with Crippen LogP contribution in [0.5, 0.6) is 0 Å². The molecule has 0 fully saturated rings. The van der Waals surface area contributed by atoms with Crippen LogP contribution in [0.2, 0.25) is 0 Å². The number of unbranched alkanes of at least 4 members (excludes halogenated alkanes) is 37. The Morgan fingerprint density at radius 2 is 0.632 bits per heavy atom. The number of phosphoric acid groups is 1. The second-order valence-corrected chi connectivity index (χ2v) is 18.4. The molecule has 0 unspecified atom stereocenters. The van der Waals surface area contributed by atoms with E-state index in [9.17, 15) is 14.2 Å². The highest BCUT2D eigenvalue weighted by molar-refractivity contribution is 7.46. The molecule has 0 aliphatic heterocycles. The molecular weight excluding hydrogens is 735 g/mol. The maximum atomic E-state index is 12.5. The van der Waals surface area contributed by atoms with Crippen LogP contribution in [0.25, 0.3) is 0 Å². The van der Waals surface area contributed by atoms with Crippen LogP contribution in [0.1, 0.15) is 277 Å². The first-order chi connectivity index (χ1) is 27.8. The Bertz CT molecular complexity index is 894. The van der Waals surface area contributed by atoms with E-state index in [2.05, 4.69) is 18.4 Å². The lowest BCUT2D eigenvalue weighted by atomic mass is 10.0. The van der Waals surface area contributed by atoms with Gasteiger partial charge in [0.05, 0.1) is 6.61 Å². The van der Waals surface area contributed by atoms with Crippen molar-refractivity contribution in [1.82, 2.24) is 0 Å². The Morgan fingerprint density at radius 1 is 0.386 bits per heavy atom. The quantitative estimate of drug-likeness (QED) is 0.0353. The predicted molar refractivity (Wildman–Crippen MR) is 239 cm³/mol. The summed E-state index contributed by atoms with van der Waals surface area (Å²) >= 11 is 0. The van der Waals surface area contributed by atoms with E-state index >= 15 is 0 Å². The van der Waals surface area contributed by atoms with Gasteiger partial charge in [-0.05, 0) is 12.8 Å². The number of phosphoric ester groups is 1. The molecule has 0 spiro atoms. The van der Waals surface area contributed by atoms with Crippen molar-refractivity contribution in [3.05, 3.63) is 0 Å². The van der Waals surface area contributed by atoms with Crippen LogP contribution in [0.3, 0.4) is 0 Å². The van der Waals surface area contributed by atoms with Crippen molar-refractivity contribution in [3.63, 3.8) is 0 Å². The molecule has 0 radical (unpaired) electrons. The van der Waals surface area contributed by atoms with E-state index in [4.69, 9.17) is 19.3 Å². The molecule has 0 aliphatic carbocycles. The van der Waals surface area contributed by atoms with E-state index in [0.717, 1.165) is 32.1 Å². The van der Waals surface area contributed by atoms with Crippen LogP contribution in [0, 0.1) is 0 Å². The first kappa shape index (κ1) is 56.0. The van der Waals surface area contributed by atoms with Gasteiger partial charge in [-0.2, -0.15) is 0 Å². The van der Waals surface area contributed by atoms with Gasteiger partial charge in [0.1, 0.15) is 6.61 Å². The highest BCUT2D eigenvalue weighted by atomic mass is 31.2. The average Bonchev–Trinajstić information content (AvgIpc) is 3.18. The highest BCUT2D eigenvalue weighted by Gasteiger charge is 2.23. The van der Waals surface area contributed by atoms with Gasteiger partial charge < -0.3 is 19.3 Å². The molecule has 0 amide bonds. The number of hydrogen-bond acceptors (Lipinski definition) is 6. The second-order valence-electron chi connectivity index (χ2n) is 17.2. The Morgan fingerprint density at radius 3 is 0.895 bits per heavy atom. The first-order valence-electron chi connectivity index (χ1n) is 24.8. The molecule has 0 aliphatic rings. The Balaban J connectivity index is 3.76. The lowest BCUT2D eigenvalue weighted by Crippen LogP contribution is -2.29. The monoisotopic (exact) mass is 831 g/mol. The average molecular weight is 831 g/mol. The Kier molecular flexibility index (Phi) is 43.9. The summed E-state index contributed by atoms with van der Waals surface area (Å²) in [6.07, 6.45) is 49.8. The van der Waals surface area contributed by atoms with Gasteiger partial charge >= 0.3 is 19.8 Å². The van der Waals surface area contributed by atoms with Crippen LogP contribution in [-0.4, -0.2) is 41.0 Å². The number of carbonyl (C=O) groups excluding carboxylic acids is 2. The van der Waals surface area contributed by atoms with Crippen molar-refractivity contribution in [1.29, 1.82) is 0 Å². The van der Waals surface area contributed by atoms with Crippen molar-refractivity contribution >= 4 is 19.8 Å². The molecule has 0 bridgehead atoms. The van der Waals surface area contributed by atoms with Crippen LogP contribution >= 0.6 is 7.82 Å². The molecule has 0 aromatic carbocycles. The van der Waals surface area contributed by atoms with Crippen LogP contribution in [0.15, 0.2) is 0 Å². The summed E-state index contributed by atoms with van der Waals surface area (Å²) in [6, 6.07) is 0. The topological polar surface area (TPSA) is 119 Å². The van der Waals surface area contributed by atoms with E-state index < -0.39 is 32.5 Å². The lowest BCUT2D eigenvalue weighted by molar-refractivity contribution is -0.161. The summed E-state index contributed by atoms with van der Waals surface area (Å²) in [6.45, 7) is 3.75. The maximum Gasteiger partial charge on any atom is 0.469 e. The zero-order valence-corrected chi connectivity index (χ0v) is 38.7. The lowest BCUT2D eigenvalue weighted by Gasteiger charge is -2.18. The van der Waals surface area contributed by atoms with E-state index in [1.54, 1.807) is 0 Å². The number of esters is 2. The fraction of sp³-hybridized carbons (Fsp3) is 0.958. The third-order valence-electron chi connectivity index (χ3n) is 11.4. The van der Waals surface area contributed by atoms with Gasteiger partial charge in [0, 0.05) is 12.8 Å². The summed E-state index contributed by atoms with van der Waals surface area (Å²) in [5, 5.41) is 0. The van der Waals surface area contributed by atoms with Crippen molar-refractivity contribution in [2.24, 2.45) is 0 Å². The predicted octanol–water partition coefficient (Wildman–Crippen LogP) is 15.6. The summed E-state index contributed by atoms with van der Waals surface area (Å²) in [5.74, 6) is -0.862. The zero-order chi connectivity index (χ0) is 41.8. The van der Waals surface area contributed by atoms with Crippen molar-refractivity contribution in [2.75, 3.05) is 13.2 Å². The standard InChI is InChI=1S/C48H95O8P/c1-3-5-7-9-11-13-15-17-19-21-22-23-24-25-27-29-31-33-35-37-39-41-43-48(50)56-46(45-55-57(51,52)53)44-54-47(49)42-40-38-36-34-32-30-28-26-20-18-16-14-12-10-8-6-4-2/h46H,3-45H2,1-2H3,(H2,51,52,53)/t46-/m1/s1. The third-order valence-corrected chi connectivity index (χ3v) is 11.9. The maximum absolute atomic E-state index is 12.5. The highest BCUT2D eigenvalue weighted by Crippen LogP contribution is 2.36. The summed E-state index contributed by atoms with van der Waals surface area (Å²) in [5.41, 5.74) is 0. The largest absolute Gasteiger partial charge is 0.469 e. The molecule has 0 saturated heterocycles. The van der Waals surface area contributed by atoms with Crippen LogP contribution in [-0.2, 0) is 28.2 Å². The molecule has 1 atom stereocenters. The fourth-order valence-corrected chi connectivity index (χ4v) is 8.03.